The molecule has 0 aliphatic rings. The maximum absolute atomic E-state index is 13.6. The number of benzene rings is 3. The molecule has 0 saturated heterocycles. The molecule has 0 aliphatic heterocycles. The molecule has 0 aliphatic carbocycles. The van der Waals surface area contributed by atoms with Gasteiger partial charge >= 0.3 is 12.1 Å². The van der Waals surface area contributed by atoms with E-state index in [0.29, 0.717) is 6.42 Å². The molecule has 10 nitrogen and oxygen atoms in total. The SMILES string of the molecule is CC(C)C[C@H](NC(=O)[C@@H](O)[C@@H](Cc1ccccc1)NC(=O)OCc1ccccc1)C(=O)N[C@@H](CC(C)C)C(=O)OCc1ccccc1. The normalized spacial score (nSPS) is 13.6. The molecule has 3 aromatic carbocycles. The van der Waals surface area contributed by atoms with Crippen molar-refractivity contribution in [2.75, 3.05) is 0 Å². The first kappa shape index (κ1) is 36.8. The highest BCUT2D eigenvalue weighted by Crippen LogP contribution is 2.13. The number of amides is 3. The van der Waals surface area contributed by atoms with E-state index in [9.17, 15) is 24.3 Å². The van der Waals surface area contributed by atoms with Gasteiger partial charge in [-0.25, -0.2) is 9.59 Å². The molecule has 47 heavy (non-hydrogen) atoms. The van der Waals surface area contributed by atoms with E-state index in [4.69, 9.17) is 9.47 Å². The van der Waals surface area contributed by atoms with Crippen LogP contribution in [0.3, 0.4) is 0 Å². The number of carbonyl (C=O) groups excluding carboxylic acids is 4. The van der Waals surface area contributed by atoms with Gasteiger partial charge in [0, 0.05) is 0 Å². The monoisotopic (exact) mass is 645 g/mol. The van der Waals surface area contributed by atoms with Crippen LogP contribution < -0.4 is 16.0 Å². The Balaban J connectivity index is 1.70. The zero-order valence-corrected chi connectivity index (χ0v) is 27.6. The van der Waals surface area contributed by atoms with E-state index in [1.807, 2.05) is 119 Å². The number of nitrogens with one attached hydrogen (secondary N) is 3. The van der Waals surface area contributed by atoms with Crippen LogP contribution in [0, 0.1) is 11.8 Å². The second-order valence-corrected chi connectivity index (χ2v) is 12.4. The third kappa shape index (κ3) is 13.3. The van der Waals surface area contributed by atoms with Gasteiger partial charge in [0.1, 0.15) is 25.3 Å². The summed E-state index contributed by atoms with van der Waals surface area (Å²) in [5, 5.41) is 19.3. The predicted molar refractivity (Wildman–Crippen MR) is 179 cm³/mol. The Bertz CT molecular complexity index is 1400. The van der Waals surface area contributed by atoms with Gasteiger partial charge in [-0.2, -0.15) is 0 Å². The van der Waals surface area contributed by atoms with E-state index in [2.05, 4.69) is 16.0 Å². The molecule has 252 valence electrons. The van der Waals surface area contributed by atoms with E-state index >= 15 is 0 Å². The third-order valence-corrected chi connectivity index (χ3v) is 7.34. The second-order valence-electron chi connectivity index (χ2n) is 12.4. The van der Waals surface area contributed by atoms with Crippen molar-refractivity contribution in [1.82, 2.24) is 16.0 Å². The second kappa shape index (κ2) is 19.1. The molecule has 0 bridgehead atoms. The van der Waals surface area contributed by atoms with Crippen LogP contribution in [0.4, 0.5) is 4.79 Å². The summed E-state index contributed by atoms with van der Waals surface area (Å²) in [5.41, 5.74) is 2.37. The van der Waals surface area contributed by atoms with Gasteiger partial charge in [-0.15, -0.1) is 0 Å². The molecule has 3 amide bonds. The van der Waals surface area contributed by atoms with Gasteiger partial charge in [0.15, 0.2) is 6.10 Å². The number of rotatable bonds is 17. The molecule has 0 spiro atoms. The molecule has 10 heteroatoms. The summed E-state index contributed by atoms with van der Waals surface area (Å²) in [6.45, 7) is 7.72. The molecule has 4 atom stereocenters. The van der Waals surface area contributed by atoms with Gasteiger partial charge in [-0.3, -0.25) is 9.59 Å². The van der Waals surface area contributed by atoms with Crippen LogP contribution in [0.15, 0.2) is 91.0 Å². The number of hydrogen-bond acceptors (Lipinski definition) is 7. The maximum atomic E-state index is 13.6. The highest BCUT2D eigenvalue weighted by Gasteiger charge is 2.33. The summed E-state index contributed by atoms with van der Waals surface area (Å²) in [6.07, 6.45) is -1.82. The lowest BCUT2D eigenvalue weighted by molar-refractivity contribution is -0.150. The van der Waals surface area contributed by atoms with Gasteiger partial charge in [0.05, 0.1) is 6.04 Å². The van der Waals surface area contributed by atoms with Crippen molar-refractivity contribution < 1.29 is 33.8 Å². The van der Waals surface area contributed by atoms with Crippen molar-refractivity contribution in [3.63, 3.8) is 0 Å². The van der Waals surface area contributed by atoms with Crippen molar-refractivity contribution in [3.8, 4) is 0 Å². The highest BCUT2D eigenvalue weighted by atomic mass is 16.5. The van der Waals surface area contributed by atoms with Crippen LogP contribution in [0.25, 0.3) is 0 Å². The number of esters is 1. The number of ether oxygens (including phenoxy) is 2. The van der Waals surface area contributed by atoms with Gasteiger partial charge in [0.2, 0.25) is 5.91 Å². The van der Waals surface area contributed by atoms with E-state index in [0.717, 1.165) is 16.7 Å². The maximum Gasteiger partial charge on any atom is 0.407 e. The Hall–Kier alpha value is -4.70. The Morgan fingerprint density at radius 3 is 1.55 bits per heavy atom. The number of alkyl carbamates (subject to hydrolysis) is 1. The summed E-state index contributed by atoms with van der Waals surface area (Å²) in [5.74, 6) is -1.94. The Morgan fingerprint density at radius 2 is 1.04 bits per heavy atom. The number of aliphatic hydroxyl groups excluding tert-OH is 1. The van der Waals surface area contributed by atoms with Crippen LogP contribution in [0.1, 0.15) is 57.2 Å². The molecule has 0 radical (unpaired) electrons. The van der Waals surface area contributed by atoms with Crippen LogP contribution in [-0.2, 0) is 43.5 Å². The fraction of sp³-hybridized carbons (Fsp3) is 0.405. The van der Waals surface area contributed by atoms with Crippen molar-refractivity contribution >= 4 is 23.9 Å². The fourth-order valence-corrected chi connectivity index (χ4v) is 4.96. The molecule has 3 rings (SSSR count). The smallest absolute Gasteiger partial charge is 0.407 e. The van der Waals surface area contributed by atoms with E-state index in [1.165, 1.54) is 0 Å². The van der Waals surface area contributed by atoms with Gasteiger partial charge < -0.3 is 30.5 Å². The predicted octanol–water partition coefficient (Wildman–Crippen LogP) is 4.69. The number of carbonyl (C=O) groups is 4. The molecule has 0 heterocycles. The summed E-state index contributed by atoms with van der Waals surface area (Å²) >= 11 is 0. The summed E-state index contributed by atoms with van der Waals surface area (Å²) in [4.78, 5) is 52.8. The summed E-state index contributed by atoms with van der Waals surface area (Å²) in [7, 11) is 0. The average Bonchev–Trinajstić information content (AvgIpc) is 3.06. The van der Waals surface area contributed by atoms with Crippen molar-refractivity contribution in [1.29, 1.82) is 0 Å². The standard InChI is InChI=1S/C37H47N3O7/c1-25(2)20-31(34(42)39-32(21-26(3)4)36(44)46-23-28-16-10-6-11-17-28)38-35(43)33(41)30(22-27-14-8-5-9-15-27)40-37(45)47-24-29-18-12-7-13-19-29/h5-19,25-26,30-33,41H,20-24H2,1-4H3,(H,38,43)(H,39,42)(H,40,45)/t30-,31+,32+,33+/m1/s1. The fourth-order valence-electron chi connectivity index (χ4n) is 4.96. The van der Waals surface area contributed by atoms with Crippen LogP contribution in [0.2, 0.25) is 0 Å². The summed E-state index contributed by atoms with van der Waals surface area (Å²) in [6, 6.07) is 24.4. The van der Waals surface area contributed by atoms with E-state index in [1.54, 1.807) is 0 Å². The third-order valence-electron chi connectivity index (χ3n) is 7.34. The number of aliphatic hydroxyl groups is 1. The van der Waals surface area contributed by atoms with E-state index < -0.39 is 48.1 Å². The van der Waals surface area contributed by atoms with E-state index in [-0.39, 0.29) is 37.9 Å². The topological polar surface area (TPSA) is 143 Å². The zero-order chi connectivity index (χ0) is 34.2. The lowest BCUT2D eigenvalue weighted by Crippen LogP contribution is -2.57. The quantitative estimate of drug-likeness (QED) is 0.156. The average molecular weight is 646 g/mol. The first-order chi connectivity index (χ1) is 22.5. The van der Waals surface area contributed by atoms with Crippen molar-refractivity contribution in [2.45, 2.75) is 84.4 Å². The lowest BCUT2D eigenvalue weighted by Gasteiger charge is -2.27. The van der Waals surface area contributed by atoms with Gasteiger partial charge in [-0.05, 0) is 47.8 Å². The van der Waals surface area contributed by atoms with Gasteiger partial charge in [-0.1, -0.05) is 119 Å². The highest BCUT2D eigenvalue weighted by molar-refractivity contribution is 5.92. The number of hydrogen-bond donors (Lipinski definition) is 4. The molecule has 4 N–H and O–H groups in total. The Morgan fingerprint density at radius 1 is 0.596 bits per heavy atom. The molecule has 0 aromatic heterocycles. The lowest BCUT2D eigenvalue weighted by atomic mass is 9.98. The zero-order valence-electron chi connectivity index (χ0n) is 27.6. The van der Waals surface area contributed by atoms with Crippen molar-refractivity contribution in [3.05, 3.63) is 108 Å². The molecular weight excluding hydrogens is 598 g/mol. The van der Waals surface area contributed by atoms with Crippen LogP contribution in [-0.4, -0.2) is 53.2 Å². The Labute approximate surface area is 277 Å². The van der Waals surface area contributed by atoms with Crippen molar-refractivity contribution in [2.24, 2.45) is 11.8 Å². The minimum atomic E-state index is -1.72. The molecule has 0 saturated carbocycles. The first-order valence-corrected chi connectivity index (χ1v) is 16.0. The largest absolute Gasteiger partial charge is 0.459 e. The molecule has 0 fully saturated rings. The van der Waals surface area contributed by atoms with Crippen LogP contribution in [0.5, 0.6) is 0 Å². The molecule has 3 aromatic rings. The Kier molecular flexibility index (Phi) is 14.9. The minimum Gasteiger partial charge on any atom is -0.459 e. The minimum absolute atomic E-state index is 0.00891. The van der Waals surface area contributed by atoms with Gasteiger partial charge in [0.25, 0.3) is 5.91 Å². The first-order valence-electron chi connectivity index (χ1n) is 16.0. The van der Waals surface area contributed by atoms with Crippen LogP contribution >= 0.6 is 0 Å². The summed E-state index contributed by atoms with van der Waals surface area (Å²) < 4.78 is 10.9. The molecule has 0 unspecified atom stereocenters. The molecular formula is C37H47N3O7.